The Labute approximate surface area is 170 Å². The summed E-state index contributed by atoms with van der Waals surface area (Å²) in [5, 5.41) is 0. The summed E-state index contributed by atoms with van der Waals surface area (Å²) < 4.78 is 38.9. The lowest BCUT2D eigenvalue weighted by Crippen LogP contribution is -2.27. The number of aliphatic imine (C=N–C) groups is 1. The van der Waals surface area contributed by atoms with Gasteiger partial charge in [-0.05, 0) is 67.1 Å². The summed E-state index contributed by atoms with van der Waals surface area (Å²) in [4.78, 5) is 19.0. The highest BCUT2D eigenvalue weighted by Crippen LogP contribution is 2.32. The first-order valence-corrected chi connectivity index (χ1v) is 9.63. The van der Waals surface area contributed by atoms with Gasteiger partial charge in [0.1, 0.15) is 0 Å². The van der Waals surface area contributed by atoms with Crippen LogP contribution in [-0.4, -0.2) is 24.1 Å². The zero-order valence-corrected chi connectivity index (χ0v) is 17.5. The summed E-state index contributed by atoms with van der Waals surface area (Å²) in [5.74, 6) is -0.0600. The Hall–Kier alpha value is -2.63. The van der Waals surface area contributed by atoms with Gasteiger partial charge in [0.25, 0.3) is 5.91 Å². The topological polar surface area (TPSA) is 32.7 Å². The van der Waals surface area contributed by atoms with Crippen LogP contribution in [0.25, 0.3) is 0 Å². The zero-order valence-electron chi connectivity index (χ0n) is 17.5. The monoisotopic (exact) mass is 404 g/mol. The van der Waals surface area contributed by atoms with Crippen molar-refractivity contribution in [1.82, 2.24) is 4.90 Å². The number of carbonyl (C=O) groups excluding carboxylic acids is 1. The average Bonchev–Trinajstić information content (AvgIpc) is 2.67. The number of benzene rings is 2. The van der Waals surface area contributed by atoms with Gasteiger partial charge in [0.05, 0.1) is 11.3 Å². The number of halogens is 3. The molecule has 0 saturated carbocycles. The standard InChI is InChI=1S/C23H27F3N2O/c1-6-15(3)19-13-21(27-7-2)16(4)11-20(19)22(29)28(5)14-17-9-8-10-18(12-17)23(24,25)26/h7-13,15H,6,14H2,1-5H3. The molecule has 1 amide bonds. The van der Waals surface area contributed by atoms with Crippen LogP contribution in [0.2, 0.25) is 0 Å². The second kappa shape index (κ2) is 9.25. The van der Waals surface area contributed by atoms with Crippen molar-refractivity contribution in [2.24, 2.45) is 4.99 Å². The van der Waals surface area contributed by atoms with E-state index in [0.717, 1.165) is 35.4 Å². The van der Waals surface area contributed by atoms with E-state index in [1.54, 1.807) is 19.3 Å². The Bertz CT molecular complexity index is 903. The van der Waals surface area contributed by atoms with Gasteiger partial charge < -0.3 is 4.90 Å². The van der Waals surface area contributed by atoms with Crippen LogP contribution in [0, 0.1) is 6.92 Å². The van der Waals surface area contributed by atoms with Gasteiger partial charge in [0.15, 0.2) is 0 Å². The van der Waals surface area contributed by atoms with E-state index in [-0.39, 0.29) is 18.4 Å². The number of amides is 1. The second-order valence-electron chi connectivity index (χ2n) is 7.28. The highest BCUT2D eigenvalue weighted by atomic mass is 19.4. The van der Waals surface area contributed by atoms with Crippen LogP contribution in [-0.2, 0) is 12.7 Å². The SMILES string of the molecule is CC=Nc1cc(C(C)CC)c(C(=O)N(C)Cc2cccc(C(F)(F)F)c2)cc1C. The third kappa shape index (κ3) is 5.46. The zero-order chi connectivity index (χ0) is 21.8. The molecule has 156 valence electrons. The van der Waals surface area contributed by atoms with Crippen molar-refractivity contribution in [2.75, 3.05) is 7.05 Å². The van der Waals surface area contributed by atoms with Gasteiger partial charge in [-0.15, -0.1) is 0 Å². The smallest absolute Gasteiger partial charge is 0.337 e. The summed E-state index contributed by atoms with van der Waals surface area (Å²) in [6, 6.07) is 8.84. The Morgan fingerprint density at radius 3 is 2.52 bits per heavy atom. The molecule has 0 fully saturated rings. The molecule has 0 heterocycles. The van der Waals surface area contributed by atoms with Crippen LogP contribution in [0.15, 0.2) is 41.4 Å². The van der Waals surface area contributed by atoms with Gasteiger partial charge in [-0.25, -0.2) is 0 Å². The van der Waals surface area contributed by atoms with Crippen molar-refractivity contribution >= 4 is 17.8 Å². The number of alkyl halides is 3. The maximum Gasteiger partial charge on any atom is 0.416 e. The first-order valence-electron chi connectivity index (χ1n) is 9.63. The van der Waals surface area contributed by atoms with Crippen LogP contribution in [0.1, 0.15) is 65.7 Å². The fourth-order valence-corrected chi connectivity index (χ4v) is 3.20. The first kappa shape index (κ1) is 22.7. The second-order valence-corrected chi connectivity index (χ2v) is 7.28. The quantitative estimate of drug-likeness (QED) is 0.504. The van der Waals surface area contributed by atoms with Crippen LogP contribution in [0.5, 0.6) is 0 Å². The number of nitrogens with zero attached hydrogens (tertiary/aromatic N) is 2. The number of rotatable bonds is 6. The van der Waals surface area contributed by atoms with Gasteiger partial charge in [0, 0.05) is 25.4 Å². The third-order valence-electron chi connectivity index (χ3n) is 5.03. The summed E-state index contributed by atoms with van der Waals surface area (Å²) in [5.41, 5.74) is 2.89. The number of carbonyl (C=O) groups is 1. The van der Waals surface area contributed by atoms with E-state index in [0.29, 0.717) is 11.1 Å². The lowest BCUT2D eigenvalue weighted by atomic mass is 9.91. The molecule has 0 N–H and O–H groups in total. The summed E-state index contributed by atoms with van der Waals surface area (Å²) in [7, 11) is 1.61. The van der Waals surface area contributed by atoms with Crippen LogP contribution in [0.4, 0.5) is 18.9 Å². The Balaban J connectivity index is 2.37. The third-order valence-corrected chi connectivity index (χ3v) is 5.03. The first-order chi connectivity index (χ1) is 13.6. The number of aryl methyl sites for hydroxylation is 1. The van der Waals surface area contributed by atoms with Crippen LogP contribution < -0.4 is 0 Å². The Morgan fingerprint density at radius 2 is 1.93 bits per heavy atom. The number of hydrogen-bond donors (Lipinski definition) is 0. The predicted molar refractivity (Wildman–Crippen MR) is 111 cm³/mol. The van der Waals surface area contributed by atoms with Crippen molar-refractivity contribution in [3.63, 3.8) is 0 Å². The lowest BCUT2D eigenvalue weighted by Gasteiger charge is -2.22. The summed E-state index contributed by atoms with van der Waals surface area (Å²) in [6.07, 6.45) is -1.84. The van der Waals surface area contributed by atoms with E-state index in [9.17, 15) is 18.0 Å². The van der Waals surface area contributed by atoms with E-state index in [1.807, 2.05) is 39.8 Å². The molecule has 2 aromatic carbocycles. The van der Waals surface area contributed by atoms with Gasteiger partial charge in [0.2, 0.25) is 0 Å². The molecule has 0 aromatic heterocycles. The van der Waals surface area contributed by atoms with Gasteiger partial charge in [-0.2, -0.15) is 13.2 Å². The molecule has 0 aliphatic heterocycles. The van der Waals surface area contributed by atoms with E-state index < -0.39 is 11.7 Å². The summed E-state index contributed by atoms with van der Waals surface area (Å²) in [6.45, 7) is 7.93. The average molecular weight is 404 g/mol. The molecule has 29 heavy (non-hydrogen) atoms. The van der Waals surface area contributed by atoms with Crippen molar-refractivity contribution in [3.8, 4) is 0 Å². The molecule has 0 saturated heterocycles. The minimum atomic E-state index is -4.41. The van der Waals surface area contributed by atoms with Crippen molar-refractivity contribution in [3.05, 3.63) is 64.2 Å². The molecule has 2 rings (SSSR count). The lowest BCUT2D eigenvalue weighted by molar-refractivity contribution is -0.137. The molecule has 0 bridgehead atoms. The molecule has 1 unspecified atom stereocenters. The molecule has 6 heteroatoms. The van der Waals surface area contributed by atoms with Gasteiger partial charge in [-0.1, -0.05) is 26.0 Å². The van der Waals surface area contributed by atoms with Gasteiger partial charge >= 0.3 is 6.18 Å². The molecule has 0 aliphatic carbocycles. The van der Waals surface area contributed by atoms with Crippen molar-refractivity contribution < 1.29 is 18.0 Å². The van der Waals surface area contributed by atoms with E-state index in [1.165, 1.54) is 11.0 Å². The van der Waals surface area contributed by atoms with Crippen LogP contribution >= 0.6 is 0 Å². The minimum Gasteiger partial charge on any atom is -0.337 e. The molecule has 2 aromatic rings. The minimum absolute atomic E-state index is 0.0939. The van der Waals surface area contributed by atoms with E-state index in [2.05, 4.69) is 4.99 Å². The molecular weight excluding hydrogens is 377 g/mol. The fraction of sp³-hybridized carbons (Fsp3) is 0.391. The van der Waals surface area contributed by atoms with E-state index >= 15 is 0 Å². The van der Waals surface area contributed by atoms with Crippen LogP contribution in [0.3, 0.4) is 0 Å². The normalized spacial score (nSPS) is 13.0. The highest BCUT2D eigenvalue weighted by Gasteiger charge is 2.30. The maximum atomic E-state index is 13.2. The molecular formula is C23H27F3N2O. The molecule has 0 radical (unpaired) electrons. The Morgan fingerprint density at radius 1 is 1.24 bits per heavy atom. The molecule has 3 nitrogen and oxygen atoms in total. The van der Waals surface area contributed by atoms with Crippen molar-refractivity contribution in [1.29, 1.82) is 0 Å². The Kier molecular flexibility index (Phi) is 7.22. The molecule has 1 atom stereocenters. The highest BCUT2D eigenvalue weighted by molar-refractivity contribution is 5.96. The number of hydrogen-bond acceptors (Lipinski definition) is 2. The largest absolute Gasteiger partial charge is 0.416 e. The van der Waals surface area contributed by atoms with E-state index in [4.69, 9.17) is 0 Å². The molecule has 0 aliphatic rings. The summed E-state index contributed by atoms with van der Waals surface area (Å²) >= 11 is 0. The van der Waals surface area contributed by atoms with Gasteiger partial charge in [-0.3, -0.25) is 9.79 Å². The fourth-order valence-electron chi connectivity index (χ4n) is 3.20. The molecule has 0 spiro atoms. The maximum absolute atomic E-state index is 13.2. The predicted octanol–water partition coefficient (Wildman–Crippen LogP) is 6.52. The van der Waals surface area contributed by atoms with Crippen molar-refractivity contribution in [2.45, 2.75) is 52.8 Å².